The van der Waals surface area contributed by atoms with Gasteiger partial charge in [0.2, 0.25) is 11.2 Å². The standard InChI is InChI=1S/C7H6Cl2FN3O/c8-2-1-5(14)12-6-4(10)3-11-7(9)13-6/h3H,1-2H2,(H,11,12,13,14). The summed E-state index contributed by atoms with van der Waals surface area (Å²) in [5, 5.41) is 2.09. The lowest BCUT2D eigenvalue weighted by Gasteiger charge is -2.03. The molecule has 7 heteroatoms. The molecule has 0 aliphatic carbocycles. The first-order chi connectivity index (χ1) is 6.63. The van der Waals surface area contributed by atoms with Gasteiger partial charge in [0.05, 0.1) is 6.20 Å². The van der Waals surface area contributed by atoms with Crippen molar-refractivity contribution >= 4 is 34.9 Å². The Morgan fingerprint density at radius 3 is 3.00 bits per heavy atom. The van der Waals surface area contributed by atoms with E-state index in [0.29, 0.717) is 0 Å². The molecular weight excluding hydrogens is 232 g/mol. The SMILES string of the molecule is O=C(CCCl)Nc1nc(Cl)ncc1F. The van der Waals surface area contributed by atoms with Crippen LogP contribution in [0.2, 0.25) is 5.28 Å². The van der Waals surface area contributed by atoms with Crippen LogP contribution in [0.1, 0.15) is 6.42 Å². The molecule has 0 atom stereocenters. The molecule has 1 N–H and O–H groups in total. The number of carbonyl (C=O) groups excluding carboxylic acids is 1. The highest BCUT2D eigenvalue weighted by atomic mass is 35.5. The summed E-state index contributed by atoms with van der Waals surface area (Å²) in [5.41, 5.74) is 0. The van der Waals surface area contributed by atoms with E-state index in [1.807, 2.05) is 0 Å². The van der Waals surface area contributed by atoms with Crippen LogP contribution in [0.5, 0.6) is 0 Å². The number of amides is 1. The van der Waals surface area contributed by atoms with E-state index in [-0.39, 0.29) is 23.4 Å². The van der Waals surface area contributed by atoms with Gasteiger partial charge >= 0.3 is 0 Å². The largest absolute Gasteiger partial charge is 0.308 e. The summed E-state index contributed by atoms with van der Waals surface area (Å²) in [5.74, 6) is -1.24. The predicted molar refractivity (Wildman–Crippen MR) is 51.0 cm³/mol. The summed E-state index contributed by atoms with van der Waals surface area (Å²) in [6, 6.07) is 0. The maximum Gasteiger partial charge on any atom is 0.226 e. The normalized spacial score (nSPS) is 9.93. The van der Waals surface area contributed by atoms with Gasteiger partial charge in [-0.25, -0.2) is 9.37 Å². The Hall–Kier alpha value is -0.940. The minimum atomic E-state index is -0.739. The lowest BCUT2D eigenvalue weighted by atomic mass is 10.4. The summed E-state index contributed by atoms with van der Waals surface area (Å²) in [7, 11) is 0. The predicted octanol–water partition coefficient (Wildman–Crippen LogP) is 1.84. The Bertz CT molecular complexity index is 348. The average Bonchev–Trinajstić information content (AvgIpc) is 2.12. The van der Waals surface area contributed by atoms with E-state index in [2.05, 4.69) is 15.3 Å². The van der Waals surface area contributed by atoms with Crippen LogP contribution in [0.3, 0.4) is 0 Å². The van der Waals surface area contributed by atoms with Crippen molar-refractivity contribution in [1.82, 2.24) is 9.97 Å². The number of hydrogen-bond donors (Lipinski definition) is 1. The van der Waals surface area contributed by atoms with E-state index in [1.54, 1.807) is 0 Å². The molecule has 1 amide bonds. The van der Waals surface area contributed by atoms with Crippen molar-refractivity contribution in [3.63, 3.8) is 0 Å². The Morgan fingerprint density at radius 1 is 1.64 bits per heavy atom. The van der Waals surface area contributed by atoms with Crippen LogP contribution in [0.4, 0.5) is 10.2 Å². The maximum absolute atomic E-state index is 12.9. The minimum Gasteiger partial charge on any atom is -0.308 e. The smallest absolute Gasteiger partial charge is 0.226 e. The molecule has 0 spiro atoms. The van der Waals surface area contributed by atoms with Gasteiger partial charge < -0.3 is 5.32 Å². The number of rotatable bonds is 3. The number of anilines is 1. The van der Waals surface area contributed by atoms with Crippen molar-refractivity contribution < 1.29 is 9.18 Å². The molecule has 0 aromatic carbocycles. The molecule has 1 aromatic heterocycles. The van der Waals surface area contributed by atoms with Gasteiger partial charge in [-0.05, 0) is 11.6 Å². The molecule has 0 saturated carbocycles. The Kier molecular flexibility index (Phi) is 4.03. The monoisotopic (exact) mass is 237 g/mol. The number of nitrogens with zero attached hydrogens (tertiary/aromatic N) is 2. The van der Waals surface area contributed by atoms with Crippen molar-refractivity contribution in [2.45, 2.75) is 6.42 Å². The van der Waals surface area contributed by atoms with Crippen molar-refractivity contribution in [1.29, 1.82) is 0 Å². The van der Waals surface area contributed by atoms with E-state index < -0.39 is 11.7 Å². The van der Waals surface area contributed by atoms with E-state index in [9.17, 15) is 9.18 Å². The summed E-state index contributed by atoms with van der Waals surface area (Å²) >= 11 is 10.7. The zero-order valence-electron chi connectivity index (χ0n) is 6.93. The van der Waals surface area contributed by atoms with E-state index in [1.165, 1.54) is 0 Å². The first-order valence-electron chi connectivity index (χ1n) is 3.67. The van der Waals surface area contributed by atoms with Crippen LogP contribution in [-0.4, -0.2) is 21.8 Å². The molecule has 0 fully saturated rings. The van der Waals surface area contributed by atoms with Gasteiger partial charge in [-0.3, -0.25) is 4.79 Å². The summed E-state index contributed by atoms with van der Waals surface area (Å²) in [6.45, 7) is 0. The van der Waals surface area contributed by atoms with E-state index >= 15 is 0 Å². The Balaban J connectivity index is 2.75. The van der Waals surface area contributed by atoms with Crippen LogP contribution < -0.4 is 5.32 Å². The van der Waals surface area contributed by atoms with Gasteiger partial charge in [-0.1, -0.05) is 0 Å². The second-order valence-corrected chi connectivity index (χ2v) is 3.04. The summed E-state index contributed by atoms with van der Waals surface area (Å²) in [6.07, 6.45) is 0.967. The zero-order valence-corrected chi connectivity index (χ0v) is 8.44. The number of halogens is 3. The van der Waals surface area contributed by atoms with E-state index in [4.69, 9.17) is 23.2 Å². The fourth-order valence-electron chi connectivity index (χ4n) is 0.714. The molecule has 0 aliphatic heterocycles. The van der Waals surface area contributed by atoms with Gasteiger partial charge in [-0.15, -0.1) is 11.6 Å². The Labute approximate surface area is 89.4 Å². The number of alkyl halides is 1. The van der Waals surface area contributed by atoms with Gasteiger partial charge in [0.15, 0.2) is 11.6 Å². The van der Waals surface area contributed by atoms with Crippen molar-refractivity contribution in [3.05, 3.63) is 17.3 Å². The molecule has 0 radical (unpaired) electrons. The highest BCUT2D eigenvalue weighted by Gasteiger charge is 2.08. The van der Waals surface area contributed by atoms with Crippen molar-refractivity contribution in [2.24, 2.45) is 0 Å². The number of carbonyl (C=O) groups is 1. The fourth-order valence-corrected chi connectivity index (χ4v) is 1.02. The molecular formula is C7H6Cl2FN3O. The van der Waals surface area contributed by atoms with Crippen LogP contribution in [-0.2, 0) is 4.79 Å². The minimum absolute atomic E-state index is 0.0859. The second kappa shape index (κ2) is 5.07. The average molecular weight is 238 g/mol. The van der Waals surface area contributed by atoms with Crippen LogP contribution >= 0.6 is 23.2 Å². The highest BCUT2D eigenvalue weighted by Crippen LogP contribution is 2.11. The third-order valence-corrected chi connectivity index (χ3v) is 1.67. The highest BCUT2D eigenvalue weighted by molar-refractivity contribution is 6.28. The topological polar surface area (TPSA) is 54.9 Å². The molecule has 0 bridgehead atoms. The molecule has 1 aromatic rings. The lowest BCUT2D eigenvalue weighted by molar-refractivity contribution is -0.115. The first-order valence-corrected chi connectivity index (χ1v) is 4.58. The molecule has 1 rings (SSSR count). The van der Waals surface area contributed by atoms with Gasteiger partial charge in [0.25, 0.3) is 0 Å². The molecule has 76 valence electrons. The van der Waals surface area contributed by atoms with Crippen molar-refractivity contribution in [3.8, 4) is 0 Å². The number of hydrogen-bond acceptors (Lipinski definition) is 3. The third-order valence-electron chi connectivity index (χ3n) is 1.29. The van der Waals surface area contributed by atoms with E-state index in [0.717, 1.165) is 6.20 Å². The summed E-state index contributed by atoms with van der Waals surface area (Å²) in [4.78, 5) is 17.9. The Morgan fingerprint density at radius 2 is 2.36 bits per heavy atom. The first kappa shape index (κ1) is 11.1. The summed E-state index contributed by atoms with van der Waals surface area (Å²) < 4.78 is 12.9. The fraction of sp³-hybridized carbons (Fsp3) is 0.286. The van der Waals surface area contributed by atoms with Crippen LogP contribution in [0, 0.1) is 5.82 Å². The molecule has 0 saturated heterocycles. The number of aromatic nitrogens is 2. The molecule has 14 heavy (non-hydrogen) atoms. The van der Waals surface area contributed by atoms with Crippen LogP contribution in [0.15, 0.2) is 6.20 Å². The lowest BCUT2D eigenvalue weighted by Crippen LogP contribution is -2.14. The third kappa shape index (κ3) is 3.08. The quantitative estimate of drug-likeness (QED) is 0.645. The molecule has 1 heterocycles. The molecule has 0 aliphatic rings. The zero-order chi connectivity index (χ0) is 10.6. The second-order valence-electron chi connectivity index (χ2n) is 2.32. The van der Waals surface area contributed by atoms with Gasteiger partial charge in [0.1, 0.15) is 0 Å². The molecule has 0 unspecified atom stereocenters. The van der Waals surface area contributed by atoms with Crippen LogP contribution in [0.25, 0.3) is 0 Å². The number of nitrogens with one attached hydrogen (secondary N) is 1. The maximum atomic E-state index is 12.9. The van der Waals surface area contributed by atoms with Crippen molar-refractivity contribution in [2.75, 3.05) is 11.2 Å². The van der Waals surface area contributed by atoms with Gasteiger partial charge in [0, 0.05) is 12.3 Å². The van der Waals surface area contributed by atoms with Gasteiger partial charge in [-0.2, -0.15) is 4.98 Å². The molecule has 4 nitrogen and oxygen atoms in total.